The van der Waals surface area contributed by atoms with E-state index in [1.807, 2.05) is 0 Å². The second kappa shape index (κ2) is 2.81. The van der Waals surface area contributed by atoms with Crippen LogP contribution in [-0.4, -0.2) is 17.4 Å². The third-order valence-corrected chi connectivity index (χ3v) is 5.58. The first-order valence-corrected chi connectivity index (χ1v) is 6.45. The van der Waals surface area contributed by atoms with E-state index in [1.165, 1.54) is 24.3 Å². The van der Waals surface area contributed by atoms with Crippen molar-refractivity contribution in [3.63, 3.8) is 0 Å². The smallest absolute Gasteiger partial charge is 0.0257 e. The van der Waals surface area contributed by atoms with Crippen LogP contribution >= 0.6 is 23.4 Å². The number of thioether (sulfide) groups is 1. The van der Waals surface area contributed by atoms with Gasteiger partial charge in [-0.15, -0.1) is 11.6 Å². The predicted octanol–water partition coefficient (Wildman–Crippen LogP) is 3.39. The zero-order valence-electron chi connectivity index (χ0n) is 7.90. The molecule has 1 saturated carbocycles. The molecule has 0 N–H and O–H groups in total. The van der Waals surface area contributed by atoms with E-state index in [0.717, 1.165) is 11.8 Å². The van der Waals surface area contributed by atoms with Crippen molar-refractivity contribution < 1.29 is 0 Å². The Bertz CT molecular complexity index is 190. The second-order valence-corrected chi connectivity index (χ2v) is 6.31. The van der Waals surface area contributed by atoms with E-state index in [0.29, 0.717) is 10.8 Å². The minimum absolute atomic E-state index is 0.553. The summed E-state index contributed by atoms with van der Waals surface area (Å²) in [4.78, 5) is 0. The number of hydrogen-bond acceptors (Lipinski definition) is 1. The highest BCUT2D eigenvalue weighted by atomic mass is 35.5. The molecule has 0 aromatic heterocycles. The molecule has 1 heterocycles. The highest BCUT2D eigenvalue weighted by Crippen LogP contribution is 2.68. The molecule has 2 aliphatic rings. The Morgan fingerprint density at radius 2 is 2.25 bits per heavy atom. The summed E-state index contributed by atoms with van der Waals surface area (Å²) in [6.45, 7) is 4.86. The molecular weight excluding hydrogens is 188 g/mol. The van der Waals surface area contributed by atoms with Gasteiger partial charge in [-0.1, -0.05) is 13.8 Å². The van der Waals surface area contributed by atoms with Crippen LogP contribution in [0, 0.1) is 16.7 Å². The molecule has 0 aromatic rings. The minimum atomic E-state index is 0.553. The Kier molecular flexibility index (Phi) is 2.16. The summed E-state index contributed by atoms with van der Waals surface area (Å²) in [6.07, 6.45) is 2.77. The molecule has 0 amide bonds. The van der Waals surface area contributed by atoms with Crippen molar-refractivity contribution in [1.29, 1.82) is 0 Å². The van der Waals surface area contributed by atoms with Crippen LogP contribution in [0.3, 0.4) is 0 Å². The van der Waals surface area contributed by atoms with Gasteiger partial charge in [0.2, 0.25) is 0 Å². The normalized spacial score (nSPS) is 44.8. The topological polar surface area (TPSA) is 0 Å². The zero-order valence-corrected chi connectivity index (χ0v) is 9.47. The molecular formula is C10H17ClS. The van der Waals surface area contributed by atoms with Crippen LogP contribution in [0.5, 0.6) is 0 Å². The van der Waals surface area contributed by atoms with E-state index in [-0.39, 0.29) is 0 Å². The van der Waals surface area contributed by atoms with Crippen LogP contribution < -0.4 is 0 Å². The zero-order chi connectivity index (χ0) is 8.82. The largest absolute Gasteiger partial charge is 0.161 e. The Morgan fingerprint density at radius 1 is 1.50 bits per heavy atom. The number of halogens is 1. The van der Waals surface area contributed by atoms with E-state index >= 15 is 0 Å². The molecule has 0 aromatic carbocycles. The monoisotopic (exact) mass is 204 g/mol. The fourth-order valence-electron chi connectivity index (χ4n) is 2.61. The SMILES string of the molecule is CC1(C)CCSCC12CC2CCl. The van der Waals surface area contributed by atoms with Gasteiger partial charge in [-0.25, -0.2) is 0 Å². The lowest BCUT2D eigenvalue weighted by Crippen LogP contribution is -2.34. The summed E-state index contributed by atoms with van der Waals surface area (Å²) in [5.41, 5.74) is 1.18. The molecule has 1 aliphatic heterocycles. The van der Waals surface area contributed by atoms with Crippen molar-refractivity contribution >= 4 is 23.4 Å². The fraction of sp³-hybridized carbons (Fsp3) is 1.00. The Labute approximate surface area is 84.4 Å². The predicted molar refractivity (Wildman–Crippen MR) is 57.0 cm³/mol. The van der Waals surface area contributed by atoms with Crippen molar-refractivity contribution in [2.24, 2.45) is 16.7 Å². The number of alkyl halides is 1. The highest BCUT2D eigenvalue weighted by molar-refractivity contribution is 7.99. The first-order valence-electron chi connectivity index (χ1n) is 4.76. The molecule has 1 aliphatic carbocycles. The van der Waals surface area contributed by atoms with Gasteiger partial charge >= 0.3 is 0 Å². The van der Waals surface area contributed by atoms with Crippen LogP contribution in [0.15, 0.2) is 0 Å². The van der Waals surface area contributed by atoms with Crippen LogP contribution in [0.4, 0.5) is 0 Å². The maximum atomic E-state index is 5.94. The van der Waals surface area contributed by atoms with Crippen molar-refractivity contribution in [3.8, 4) is 0 Å². The maximum Gasteiger partial charge on any atom is 0.0257 e. The van der Waals surface area contributed by atoms with Crippen LogP contribution in [0.25, 0.3) is 0 Å². The lowest BCUT2D eigenvalue weighted by Gasteiger charge is -2.40. The highest BCUT2D eigenvalue weighted by Gasteiger charge is 2.62. The molecule has 0 radical (unpaired) electrons. The Balaban J connectivity index is 2.13. The molecule has 2 atom stereocenters. The van der Waals surface area contributed by atoms with E-state index < -0.39 is 0 Å². The average molecular weight is 205 g/mol. The Morgan fingerprint density at radius 3 is 2.75 bits per heavy atom. The minimum Gasteiger partial charge on any atom is -0.161 e. The third-order valence-electron chi connectivity index (χ3n) is 4.00. The summed E-state index contributed by atoms with van der Waals surface area (Å²) < 4.78 is 0. The summed E-state index contributed by atoms with van der Waals surface area (Å²) in [5.74, 6) is 4.41. The quantitative estimate of drug-likeness (QED) is 0.590. The standard InChI is InChI=1S/C10H17ClS/c1-9(2)3-4-12-7-10(9)5-8(10)6-11/h8H,3-7H2,1-2H3. The first kappa shape index (κ1) is 9.21. The van der Waals surface area contributed by atoms with Gasteiger partial charge < -0.3 is 0 Å². The Hall–Kier alpha value is 0.640. The van der Waals surface area contributed by atoms with Crippen molar-refractivity contribution in [3.05, 3.63) is 0 Å². The van der Waals surface area contributed by atoms with Gasteiger partial charge in [-0.3, -0.25) is 0 Å². The number of rotatable bonds is 1. The van der Waals surface area contributed by atoms with E-state index in [9.17, 15) is 0 Å². The molecule has 2 rings (SSSR count). The van der Waals surface area contributed by atoms with Crippen LogP contribution in [-0.2, 0) is 0 Å². The molecule has 1 saturated heterocycles. The molecule has 2 heteroatoms. The molecule has 0 bridgehead atoms. The van der Waals surface area contributed by atoms with Gasteiger partial charge in [0.15, 0.2) is 0 Å². The number of hydrogen-bond donors (Lipinski definition) is 0. The van der Waals surface area contributed by atoms with Gasteiger partial charge in [0.25, 0.3) is 0 Å². The van der Waals surface area contributed by atoms with Crippen molar-refractivity contribution in [1.82, 2.24) is 0 Å². The van der Waals surface area contributed by atoms with E-state index in [2.05, 4.69) is 25.6 Å². The molecule has 0 nitrogen and oxygen atoms in total. The molecule has 1 spiro atoms. The summed E-state index contributed by atoms with van der Waals surface area (Å²) in [6, 6.07) is 0. The fourth-order valence-corrected chi connectivity index (χ4v) is 4.93. The maximum absolute atomic E-state index is 5.94. The van der Waals surface area contributed by atoms with Crippen molar-refractivity contribution in [2.45, 2.75) is 26.7 Å². The third kappa shape index (κ3) is 1.13. The summed E-state index contributed by atoms with van der Waals surface area (Å²) in [7, 11) is 0. The summed E-state index contributed by atoms with van der Waals surface area (Å²) in [5, 5.41) is 0. The van der Waals surface area contributed by atoms with Gasteiger partial charge in [0.05, 0.1) is 0 Å². The van der Waals surface area contributed by atoms with Crippen LogP contribution in [0.1, 0.15) is 26.7 Å². The first-order chi connectivity index (χ1) is 5.62. The lowest BCUT2D eigenvalue weighted by atomic mass is 9.73. The molecule has 70 valence electrons. The molecule has 2 unspecified atom stereocenters. The lowest BCUT2D eigenvalue weighted by molar-refractivity contribution is 0.182. The van der Waals surface area contributed by atoms with Gasteiger partial charge in [0, 0.05) is 5.88 Å². The van der Waals surface area contributed by atoms with Gasteiger partial charge in [-0.2, -0.15) is 11.8 Å². The second-order valence-electron chi connectivity index (χ2n) is 4.90. The van der Waals surface area contributed by atoms with Crippen LogP contribution in [0.2, 0.25) is 0 Å². The van der Waals surface area contributed by atoms with Gasteiger partial charge in [-0.05, 0) is 41.1 Å². The average Bonchev–Trinajstić information content (AvgIpc) is 2.72. The molecule has 12 heavy (non-hydrogen) atoms. The van der Waals surface area contributed by atoms with E-state index in [4.69, 9.17) is 11.6 Å². The van der Waals surface area contributed by atoms with Gasteiger partial charge in [0.1, 0.15) is 0 Å². The molecule has 2 fully saturated rings. The summed E-state index contributed by atoms with van der Waals surface area (Å²) >= 11 is 8.07. The van der Waals surface area contributed by atoms with E-state index in [1.54, 1.807) is 0 Å². The van der Waals surface area contributed by atoms with Crippen molar-refractivity contribution in [2.75, 3.05) is 17.4 Å².